The first-order valence-corrected chi connectivity index (χ1v) is 14.8. The smallest absolute Gasteiger partial charge is 0.192 e. The molecule has 0 aliphatic rings. The molecular weight excluding hydrogens is 463 g/mol. The number of halogens is 1. The van der Waals surface area contributed by atoms with E-state index in [0.29, 0.717) is 5.56 Å². The van der Waals surface area contributed by atoms with Crippen molar-refractivity contribution in [2.45, 2.75) is 84.4 Å². The molecule has 7 heteroatoms. The second-order valence-corrected chi connectivity index (χ2v) is 15.6. The van der Waals surface area contributed by atoms with Gasteiger partial charge in [-0.3, -0.25) is 0 Å². The molecular formula is C28H38FO5Si-. The van der Waals surface area contributed by atoms with Crippen LogP contribution in [0.5, 0.6) is 0 Å². The minimum absolute atomic E-state index is 0.0160. The lowest BCUT2D eigenvalue weighted by molar-refractivity contribution is -0.307. The lowest BCUT2D eigenvalue weighted by atomic mass is 9.92. The number of aryl methyl sites for hydroxylation is 2. The van der Waals surface area contributed by atoms with Crippen molar-refractivity contribution in [3.8, 4) is 11.1 Å². The average molecular weight is 502 g/mol. The average Bonchev–Trinajstić information content (AvgIpc) is 2.70. The Morgan fingerprint density at radius 1 is 1.17 bits per heavy atom. The number of aliphatic hydroxyl groups is 2. The van der Waals surface area contributed by atoms with Gasteiger partial charge in [0.1, 0.15) is 5.82 Å². The second-order valence-electron chi connectivity index (χ2n) is 10.8. The van der Waals surface area contributed by atoms with Crippen LogP contribution in [-0.4, -0.2) is 36.7 Å². The summed E-state index contributed by atoms with van der Waals surface area (Å²) in [6, 6.07) is 9.03. The van der Waals surface area contributed by atoms with Gasteiger partial charge in [0, 0.05) is 24.4 Å². The van der Waals surface area contributed by atoms with Gasteiger partial charge >= 0.3 is 0 Å². The van der Waals surface area contributed by atoms with E-state index in [4.69, 9.17) is 4.43 Å². The monoisotopic (exact) mass is 501 g/mol. The van der Waals surface area contributed by atoms with Gasteiger partial charge in [-0.2, -0.15) is 0 Å². The first-order valence-electron chi connectivity index (χ1n) is 11.9. The van der Waals surface area contributed by atoms with E-state index in [1.807, 2.05) is 32.0 Å². The molecule has 2 rings (SSSR count). The van der Waals surface area contributed by atoms with E-state index in [2.05, 4.69) is 33.9 Å². The zero-order valence-corrected chi connectivity index (χ0v) is 22.8. The summed E-state index contributed by atoms with van der Waals surface area (Å²) in [5.41, 5.74) is 5.08. The van der Waals surface area contributed by atoms with Crippen molar-refractivity contribution in [2.24, 2.45) is 0 Å². The Kier molecular flexibility index (Phi) is 9.59. The fraction of sp³-hybridized carbons (Fsp3) is 0.464. The van der Waals surface area contributed by atoms with Gasteiger partial charge in [-0.25, -0.2) is 4.39 Å². The molecule has 0 heterocycles. The first-order chi connectivity index (χ1) is 16.1. The molecule has 0 aliphatic heterocycles. The predicted molar refractivity (Wildman–Crippen MR) is 139 cm³/mol. The third-order valence-electron chi connectivity index (χ3n) is 6.68. The fourth-order valence-corrected chi connectivity index (χ4v) is 4.56. The predicted octanol–water partition coefficient (Wildman–Crippen LogP) is 4.90. The highest BCUT2D eigenvalue weighted by Crippen LogP contribution is 2.37. The number of aliphatic hydroxyl groups excluding tert-OH is 2. The maximum Gasteiger partial charge on any atom is 0.192 e. The molecule has 0 fully saturated rings. The van der Waals surface area contributed by atoms with Gasteiger partial charge in [0.05, 0.1) is 18.8 Å². The Morgan fingerprint density at radius 2 is 1.83 bits per heavy atom. The summed E-state index contributed by atoms with van der Waals surface area (Å²) >= 11 is 0. The number of hydrogen-bond acceptors (Lipinski definition) is 5. The third-order valence-corrected chi connectivity index (χ3v) is 11.2. The third kappa shape index (κ3) is 8.10. The minimum atomic E-state index is -2.05. The normalized spacial score (nSPS) is 14.3. The quantitative estimate of drug-likeness (QED) is 0.452. The molecule has 0 aromatic heterocycles. The Balaban J connectivity index is 2.37. The van der Waals surface area contributed by atoms with Gasteiger partial charge in [-0.05, 0) is 66.4 Å². The van der Waals surface area contributed by atoms with E-state index in [-0.39, 0.29) is 23.9 Å². The molecule has 2 aromatic rings. The zero-order valence-electron chi connectivity index (χ0n) is 21.8. The standard InChI is InChI=1S/C28H39FO5Si/c1-18-12-19(2)24(10-9-22(30)15-23(31)16-27(32)33)25(13-18)20-8-11-26(29)21(14-20)17-34-35(6,7)28(3,4)5/h8-14,22-23,30-31H,15-17H2,1-7H3,(H,32,33)/p-1/b10-9+. The zero-order chi connectivity index (χ0) is 26.6. The summed E-state index contributed by atoms with van der Waals surface area (Å²) in [4.78, 5) is 10.6. The SMILES string of the molecule is Cc1cc(C)c(/C=C/C(O)CC(O)CC(=O)[O-])c(-c2ccc(F)c(CO[Si](C)(C)C(C)(C)C)c2)c1. The van der Waals surface area contributed by atoms with Crippen LogP contribution in [-0.2, 0) is 15.8 Å². The van der Waals surface area contributed by atoms with Crippen molar-refractivity contribution >= 4 is 20.4 Å². The van der Waals surface area contributed by atoms with Crippen molar-refractivity contribution in [3.63, 3.8) is 0 Å². The fourth-order valence-electron chi connectivity index (χ4n) is 3.61. The van der Waals surface area contributed by atoms with E-state index < -0.39 is 32.9 Å². The minimum Gasteiger partial charge on any atom is -0.550 e. The Labute approximate surface area is 209 Å². The molecule has 0 saturated carbocycles. The van der Waals surface area contributed by atoms with Gasteiger partial charge in [-0.15, -0.1) is 0 Å². The molecule has 35 heavy (non-hydrogen) atoms. The highest BCUT2D eigenvalue weighted by atomic mass is 28.4. The highest BCUT2D eigenvalue weighted by Gasteiger charge is 2.37. The number of aliphatic carboxylic acids is 1. The summed E-state index contributed by atoms with van der Waals surface area (Å²) < 4.78 is 21.0. The van der Waals surface area contributed by atoms with Crippen LogP contribution in [0.2, 0.25) is 18.1 Å². The Bertz CT molecular complexity index is 1070. The number of carboxylic acids is 1. The van der Waals surface area contributed by atoms with E-state index in [9.17, 15) is 24.5 Å². The largest absolute Gasteiger partial charge is 0.550 e. The molecule has 2 unspecified atom stereocenters. The van der Waals surface area contributed by atoms with Crippen molar-refractivity contribution < 1.29 is 28.9 Å². The van der Waals surface area contributed by atoms with Crippen molar-refractivity contribution in [3.05, 3.63) is 64.5 Å². The molecule has 5 nitrogen and oxygen atoms in total. The summed E-state index contributed by atoms with van der Waals surface area (Å²) in [5.74, 6) is -1.68. The molecule has 0 bridgehead atoms. The van der Waals surface area contributed by atoms with Crippen molar-refractivity contribution in [2.75, 3.05) is 0 Å². The lowest BCUT2D eigenvalue weighted by Crippen LogP contribution is -2.40. The summed E-state index contributed by atoms with van der Waals surface area (Å²) in [6.45, 7) is 14.8. The molecule has 2 N–H and O–H groups in total. The van der Waals surface area contributed by atoms with E-state index in [1.54, 1.807) is 12.1 Å². The van der Waals surface area contributed by atoms with Crippen LogP contribution < -0.4 is 5.11 Å². The molecule has 192 valence electrons. The van der Waals surface area contributed by atoms with Crippen LogP contribution in [0.4, 0.5) is 4.39 Å². The van der Waals surface area contributed by atoms with Gasteiger partial charge in [0.15, 0.2) is 8.32 Å². The molecule has 2 aromatic carbocycles. The van der Waals surface area contributed by atoms with Crippen LogP contribution in [0.25, 0.3) is 17.2 Å². The van der Waals surface area contributed by atoms with Gasteiger partial charge in [-0.1, -0.05) is 56.7 Å². The van der Waals surface area contributed by atoms with Crippen LogP contribution >= 0.6 is 0 Å². The number of benzene rings is 2. The number of carbonyl (C=O) groups excluding carboxylic acids is 1. The maximum atomic E-state index is 14.7. The molecule has 0 amide bonds. The summed E-state index contributed by atoms with van der Waals surface area (Å²) in [7, 11) is -2.05. The maximum absolute atomic E-state index is 14.7. The summed E-state index contributed by atoms with van der Waals surface area (Å²) in [5, 5.41) is 30.7. The molecule has 0 aliphatic carbocycles. The van der Waals surface area contributed by atoms with Crippen LogP contribution in [0, 0.1) is 19.7 Å². The van der Waals surface area contributed by atoms with E-state index >= 15 is 0 Å². The lowest BCUT2D eigenvalue weighted by Gasteiger charge is -2.36. The van der Waals surface area contributed by atoms with E-state index in [0.717, 1.165) is 27.8 Å². The number of carboxylic acid groups (broad SMARTS) is 1. The van der Waals surface area contributed by atoms with E-state index in [1.165, 1.54) is 12.1 Å². The van der Waals surface area contributed by atoms with Gasteiger partial charge < -0.3 is 24.5 Å². The van der Waals surface area contributed by atoms with Crippen LogP contribution in [0.3, 0.4) is 0 Å². The molecule has 0 spiro atoms. The molecule has 2 atom stereocenters. The Morgan fingerprint density at radius 3 is 2.43 bits per heavy atom. The highest BCUT2D eigenvalue weighted by molar-refractivity contribution is 6.74. The van der Waals surface area contributed by atoms with Crippen molar-refractivity contribution in [1.82, 2.24) is 0 Å². The van der Waals surface area contributed by atoms with Gasteiger partial charge in [0.25, 0.3) is 0 Å². The van der Waals surface area contributed by atoms with Crippen molar-refractivity contribution in [1.29, 1.82) is 0 Å². The molecule has 0 saturated heterocycles. The Hall–Kier alpha value is -2.32. The van der Waals surface area contributed by atoms with Crippen LogP contribution in [0.1, 0.15) is 55.9 Å². The second kappa shape index (κ2) is 11.6. The molecule has 0 radical (unpaired) electrons. The van der Waals surface area contributed by atoms with Crippen LogP contribution in [0.15, 0.2) is 36.4 Å². The number of hydrogen-bond donors (Lipinski definition) is 2. The number of carbonyl (C=O) groups is 1. The summed E-state index contributed by atoms with van der Waals surface area (Å²) in [6.07, 6.45) is 0.421. The first kappa shape index (κ1) is 28.9. The van der Waals surface area contributed by atoms with Gasteiger partial charge in [0.2, 0.25) is 0 Å². The number of rotatable bonds is 10. The topological polar surface area (TPSA) is 89.8 Å².